The number of carboxylic acid groups (broad SMARTS) is 1. The van der Waals surface area contributed by atoms with Crippen molar-refractivity contribution in [1.82, 2.24) is 0 Å². The van der Waals surface area contributed by atoms with Gasteiger partial charge in [-0.1, -0.05) is 11.6 Å². The van der Waals surface area contributed by atoms with E-state index < -0.39 is 5.97 Å². The Bertz CT molecular complexity index is 340. The average molecular weight is 297 g/mol. The van der Waals surface area contributed by atoms with Gasteiger partial charge in [0.1, 0.15) is 0 Å². The summed E-state index contributed by atoms with van der Waals surface area (Å²) >= 11 is 7.64. The number of carboxylic acids is 1. The minimum atomic E-state index is -1.07. The van der Waals surface area contributed by atoms with Gasteiger partial charge >= 0.3 is 5.97 Å². The number of rotatable bonds is 1. The van der Waals surface area contributed by atoms with Crippen molar-refractivity contribution in [2.75, 3.05) is 5.73 Å². The molecule has 0 saturated carbocycles. The molecule has 0 amide bonds. The number of hydrogen-bond donors (Lipinski definition) is 2. The molecule has 12 heavy (non-hydrogen) atoms. The van der Waals surface area contributed by atoms with E-state index in [0.29, 0.717) is 5.69 Å². The van der Waals surface area contributed by atoms with Crippen LogP contribution in [0.5, 0.6) is 0 Å². The molecule has 0 aliphatic heterocycles. The molecule has 0 spiro atoms. The molecule has 0 aliphatic carbocycles. The van der Waals surface area contributed by atoms with E-state index >= 15 is 0 Å². The van der Waals surface area contributed by atoms with Gasteiger partial charge in [-0.2, -0.15) is 0 Å². The Morgan fingerprint density at radius 1 is 1.58 bits per heavy atom. The largest absolute Gasteiger partial charge is 0.478 e. The van der Waals surface area contributed by atoms with E-state index in [4.69, 9.17) is 22.4 Å². The first-order valence-corrected chi connectivity index (χ1v) is 4.46. The summed E-state index contributed by atoms with van der Waals surface area (Å²) in [5, 5.41) is 8.85. The molecule has 0 aromatic heterocycles. The zero-order valence-corrected chi connectivity index (χ0v) is 8.76. The Labute approximate surface area is 87.7 Å². The third-order valence-electron chi connectivity index (χ3n) is 1.32. The van der Waals surface area contributed by atoms with Crippen molar-refractivity contribution in [3.63, 3.8) is 0 Å². The van der Waals surface area contributed by atoms with Gasteiger partial charge in [0.05, 0.1) is 10.6 Å². The zero-order valence-electron chi connectivity index (χ0n) is 5.84. The molecule has 1 aromatic rings. The lowest BCUT2D eigenvalue weighted by Gasteiger charge is -2.02. The Hall–Kier alpha value is -0.490. The smallest absolute Gasteiger partial charge is 0.337 e. The second kappa shape index (κ2) is 3.49. The van der Waals surface area contributed by atoms with Gasteiger partial charge in [-0.3, -0.25) is 0 Å². The van der Waals surface area contributed by atoms with E-state index in [1.54, 1.807) is 0 Å². The molecule has 0 saturated heterocycles. The molecular weight excluding hydrogens is 292 g/mol. The molecule has 5 heteroatoms. The van der Waals surface area contributed by atoms with E-state index in [0.717, 1.165) is 3.57 Å². The highest BCUT2D eigenvalue weighted by atomic mass is 127. The van der Waals surface area contributed by atoms with Crippen LogP contribution in [0.25, 0.3) is 0 Å². The van der Waals surface area contributed by atoms with Gasteiger partial charge < -0.3 is 10.8 Å². The second-order valence-corrected chi connectivity index (χ2v) is 3.73. The lowest BCUT2D eigenvalue weighted by Crippen LogP contribution is -2.00. The van der Waals surface area contributed by atoms with Crippen molar-refractivity contribution in [3.05, 3.63) is 26.3 Å². The number of anilines is 1. The third kappa shape index (κ3) is 1.81. The second-order valence-electron chi connectivity index (χ2n) is 2.16. The summed E-state index contributed by atoms with van der Waals surface area (Å²) in [6.07, 6.45) is 0. The molecule has 64 valence electrons. The number of halogens is 2. The van der Waals surface area contributed by atoms with Crippen LogP contribution in [0.15, 0.2) is 12.1 Å². The molecule has 0 bridgehead atoms. The first kappa shape index (κ1) is 9.60. The standard InChI is InChI=1S/C7H5ClINO2/c8-4-2-5(9)6(10)1-3(4)7(11)12/h1-2H,10H2,(H,11,12). The van der Waals surface area contributed by atoms with Gasteiger partial charge in [0.15, 0.2) is 0 Å². The minimum Gasteiger partial charge on any atom is -0.478 e. The number of nitrogen functional groups attached to an aromatic ring is 1. The summed E-state index contributed by atoms with van der Waals surface area (Å²) in [6.45, 7) is 0. The van der Waals surface area contributed by atoms with Crippen molar-refractivity contribution in [2.45, 2.75) is 0 Å². The highest BCUT2D eigenvalue weighted by molar-refractivity contribution is 14.1. The van der Waals surface area contributed by atoms with Crippen molar-refractivity contribution in [1.29, 1.82) is 0 Å². The van der Waals surface area contributed by atoms with E-state index in [2.05, 4.69) is 0 Å². The van der Waals surface area contributed by atoms with Gasteiger partial charge in [0, 0.05) is 9.26 Å². The van der Waals surface area contributed by atoms with Crippen LogP contribution in [0.1, 0.15) is 10.4 Å². The highest BCUT2D eigenvalue weighted by Gasteiger charge is 2.10. The van der Waals surface area contributed by atoms with Crippen LogP contribution in [0.2, 0.25) is 5.02 Å². The molecular formula is C7H5ClINO2. The number of aromatic carboxylic acids is 1. The molecule has 1 rings (SSSR count). The van der Waals surface area contributed by atoms with Crippen LogP contribution in [0, 0.1) is 3.57 Å². The van der Waals surface area contributed by atoms with Crippen LogP contribution in [-0.4, -0.2) is 11.1 Å². The van der Waals surface area contributed by atoms with Crippen LogP contribution >= 0.6 is 34.2 Å². The van der Waals surface area contributed by atoms with Gasteiger partial charge in [0.25, 0.3) is 0 Å². The number of carbonyl (C=O) groups is 1. The number of hydrogen-bond acceptors (Lipinski definition) is 2. The normalized spacial score (nSPS) is 9.83. The lowest BCUT2D eigenvalue weighted by molar-refractivity contribution is 0.0697. The highest BCUT2D eigenvalue weighted by Crippen LogP contribution is 2.24. The SMILES string of the molecule is Nc1cc(C(=O)O)c(Cl)cc1I. The fourth-order valence-corrected chi connectivity index (χ4v) is 1.63. The quantitative estimate of drug-likeness (QED) is 0.617. The number of nitrogens with two attached hydrogens (primary N) is 1. The van der Waals surface area contributed by atoms with E-state index in [1.807, 2.05) is 22.6 Å². The molecule has 0 unspecified atom stereocenters. The molecule has 3 N–H and O–H groups in total. The van der Waals surface area contributed by atoms with E-state index in [1.165, 1.54) is 12.1 Å². The maximum atomic E-state index is 10.5. The van der Waals surface area contributed by atoms with Crippen molar-refractivity contribution in [3.8, 4) is 0 Å². The first-order chi connectivity index (χ1) is 5.52. The molecule has 0 aliphatic rings. The van der Waals surface area contributed by atoms with Gasteiger partial charge in [-0.25, -0.2) is 4.79 Å². The van der Waals surface area contributed by atoms with Gasteiger partial charge in [-0.05, 0) is 34.7 Å². The summed E-state index contributed by atoms with van der Waals surface area (Å²) in [4.78, 5) is 10.5. The molecule has 0 fully saturated rings. The fraction of sp³-hybridized carbons (Fsp3) is 0. The van der Waals surface area contributed by atoms with Crippen molar-refractivity contribution >= 4 is 45.8 Å². The van der Waals surface area contributed by atoms with Crippen molar-refractivity contribution < 1.29 is 9.90 Å². The van der Waals surface area contributed by atoms with Crippen LogP contribution in [-0.2, 0) is 0 Å². The third-order valence-corrected chi connectivity index (χ3v) is 2.56. The number of benzene rings is 1. The Morgan fingerprint density at radius 2 is 2.17 bits per heavy atom. The summed E-state index contributed by atoms with van der Waals surface area (Å²) in [5.74, 6) is -1.07. The minimum absolute atomic E-state index is 0.0367. The molecule has 1 aromatic carbocycles. The van der Waals surface area contributed by atoms with Gasteiger partial charge in [-0.15, -0.1) is 0 Å². The first-order valence-electron chi connectivity index (χ1n) is 3.00. The maximum Gasteiger partial charge on any atom is 0.337 e. The Morgan fingerprint density at radius 3 is 2.67 bits per heavy atom. The predicted octanol–water partition coefficient (Wildman–Crippen LogP) is 2.22. The molecule has 0 heterocycles. The average Bonchev–Trinajstić information content (AvgIpc) is 1.96. The van der Waals surface area contributed by atoms with Crippen LogP contribution in [0.3, 0.4) is 0 Å². The van der Waals surface area contributed by atoms with E-state index in [-0.39, 0.29) is 10.6 Å². The van der Waals surface area contributed by atoms with Crippen molar-refractivity contribution in [2.24, 2.45) is 0 Å². The fourth-order valence-electron chi connectivity index (χ4n) is 0.730. The van der Waals surface area contributed by atoms with Crippen LogP contribution < -0.4 is 5.73 Å². The van der Waals surface area contributed by atoms with Crippen LogP contribution in [0.4, 0.5) is 5.69 Å². The van der Waals surface area contributed by atoms with Gasteiger partial charge in [0.2, 0.25) is 0 Å². The zero-order chi connectivity index (χ0) is 9.30. The predicted molar refractivity (Wildman–Crippen MR) is 55.5 cm³/mol. The van der Waals surface area contributed by atoms with E-state index in [9.17, 15) is 4.79 Å². The monoisotopic (exact) mass is 297 g/mol. The molecule has 0 radical (unpaired) electrons. The topological polar surface area (TPSA) is 63.3 Å². The molecule has 0 atom stereocenters. The summed E-state index contributed by atoms with van der Waals surface area (Å²) in [7, 11) is 0. The lowest BCUT2D eigenvalue weighted by atomic mass is 10.2. The molecule has 3 nitrogen and oxygen atoms in total. The summed E-state index contributed by atoms with van der Waals surface area (Å²) < 4.78 is 0.752. The Kier molecular flexibility index (Phi) is 2.79. The Balaban J connectivity index is 3.33. The maximum absolute atomic E-state index is 10.5. The summed E-state index contributed by atoms with van der Waals surface area (Å²) in [5.41, 5.74) is 5.96. The summed E-state index contributed by atoms with van der Waals surface area (Å²) in [6, 6.07) is 2.88.